The summed E-state index contributed by atoms with van der Waals surface area (Å²) in [5, 5.41) is 0. The molecule has 0 spiro atoms. The number of benzene rings is 1. The minimum Gasteiger partial charge on any atom is -0.351 e. The second-order valence-electron chi connectivity index (χ2n) is 4.87. The number of nitrogens with one attached hydrogen (secondary N) is 1. The molecule has 4 nitrogen and oxygen atoms in total. The molecule has 1 aromatic heterocycles. The number of carbonyl (C=O) groups is 2. The molecule has 4 heteroatoms. The molecule has 0 unspecified atom stereocenters. The van der Waals surface area contributed by atoms with Crippen molar-refractivity contribution in [2.24, 2.45) is 5.92 Å². The molecule has 0 atom stereocenters. The van der Waals surface area contributed by atoms with E-state index < -0.39 is 0 Å². The number of ketones is 2. The van der Waals surface area contributed by atoms with Crippen LogP contribution in [0.5, 0.6) is 0 Å². The van der Waals surface area contributed by atoms with Gasteiger partial charge in [-0.2, -0.15) is 0 Å². The first-order chi connectivity index (χ1) is 9.77. The Morgan fingerprint density at radius 3 is 2.40 bits per heavy atom. The van der Waals surface area contributed by atoms with Crippen LogP contribution in [0.1, 0.15) is 33.6 Å². The van der Waals surface area contributed by atoms with Crippen molar-refractivity contribution in [2.75, 3.05) is 0 Å². The third-order valence-corrected chi connectivity index (χ3v) is 3.41. The zero-order valence-electron chi connectivity index (χ0n) is 10.9. The first-order valence-corrected chi connectivity index (χ1v) is 6.60. The maximum Gasteiger partial charge on any atom is 0.190 e. The number of H-pyrrole nitrogens is 1. The van der Waals surface area contributed by atoms with Crippen LogP contribution in [0.4, 0.5) is 0 Å². The molecule has 2 aliphatic carbocycles. The van der Waals surface area contributed by atoms with E-state index in [0.29, 0.717) is 17.0 Å². The van der Waals surface area contributed by atoms with E-state index in [1.54, 1.807) is 43.0 Å². The summed E-state index contributed by atoms with van der Waals surface area (Å²) in [7, 11) is 0. The first-order valence-electron chi connectivity index (χ1n) is 6.60. The number of carbonyl (C=O) groups excluding carboxylic acids is 2. The van der Waals surface area contributed by atoms with Crippen LogP contribution in [0.2, 0.25) is 0 Å². The Hall–Kier alpha value is -2.49. The molecule has 2 aromatic rings. The number of hydrogen-bond donors (Lipinski definition) is 1. The van der Waals surface area contributed by atoms with E-state index in [1.807, 2.05) is 0 Å². The number of rotatable bonds is 1. The lowest BCUT2D eigenvalue weighted by Crippen LogP contribution is -2.17. The van der Waals surface area contributed by atoms with E-state index in [2.05, 4.69) is 9.97 Å². The van der Waals surface area contributed by atoms with Crippen molar-refractivity contribution in [3.63, 3.8) is 0 Å². The van der Waals surface area contributed by atoms with E-state index >= 15 is 0 Å². The summed E-state index contributed by atoms with van der Waals surface area (Å²) in [6.45, 7) is 0. The highest BCUT2D eigenvalue weighted by atomic mass is 16.1. The Labute approximate surface area is 116 Å². The molecule has 0 amide bonds. The molecule has 1 heterocycles. The molecule has 1 fully saturated rings. The van der Waals surface area contributed by atoms with Crippen molar-refractivity contribution in [3.05, 3.63) is 65.8 Å². The second kappa shape index (κ2) is 5.25. The average Bonchev–Trinajstić information content (AvgIpc) is 3.14. The molecule has 0 aliphatic heterocycles. The van der Waals surface area contributed by atoms with Gasteiger partial charge in [0.2, 0.25) is 0 Å². The highest BCUT2D eigenvalue weighted by Gasteiger charge is 2.35. The van der Waals surface area contributed by atoms with Gasteiger partial charge in [0, 0.05) is 29.1 Å². The Kier molecular flexibility index (Phi) is 3.29. The summed E-state index contributed by atoms with van der Waals surface area (Å²) in [6.07, 6.45) is 8.71. The molecule has 2 aliphatic rings. The van der Waals surface area contributed by atoms with Crippen molar-refractivity contribution in [3.8, 4) is 0 Å². The third-order valence-electron chi connectivity index (χ3n) is 3.41. The van der Waals surface area contributed by atoms with Gasteiger partial charge in [0.15, 0.2) is 11.6 Å². The monoisotopic (exact) mass is 266 g/mol. The molecular weight excluding hydrogens is 252 g/mol. The topological polar surface area (TPSA) is 62.8 Å². The van der Waals surface area contributed by atoms with E-state index in [9.17, 15) is 9.59 Å². The van der Waals surface area contributed by atoms with Gasteiger partial charge >= 0.3 is 0 Å². The Balaban J connectivity index is 0.000000205. The van der Waals surface area contributed by atoms with E-state index in [4.69, 9.17) is 0 Å². The molecule has 1 saturated carbocycles. The van der Waals surface area contributed by atoms with Gasteiger partial charge in [-0.05, 0) is 24.8 Å². The zero-order valence-corrected chi connectivity index (χ0v) is 10.9. The van der Waals surface area contributed by atoms with Crippen molar-refractivity contribution in [2.45, 2.75) is 12.8 Å². The second-order valence-corrected chi connectivity index (χ2v) is 4.87. The van der Waals surface area contributed by atoms with Gasteiger partial charge in [0.25, 0.3) is 0 Å². The van der Waals surface area contributed by atoms with E-state index in [-0.39, 0.29) is 11.6 Å². The summed E-state index contributed by atoms with van der Waals surface area (Å²) in [6, 6.07) is 7.06. The van der Waals surface area contributed by atoms with Crippen molar-refractivity contribution < 1.29 is 9.59 Å². The molecule has 100 valence electrons. The highest BCUT2D eigenvalue weighted by Crippen LogP contribution is 2.40. The lowest BCUT2D eigenvalue weighted by atomic mass is 9.87. The lowest BCUT2D eigenvalue weighted by Gasteiger charge is -2.13. The number of imidazole rings is 1. The van der Waals surface area contributed by atoms with E-state index in [1.165, 1.54) is 6.08 Å². The number of aromatic amines is 1. The molecule has 0 radical (unpaired) electrons. The smallest absolute Gasteiger partial charge is 0.190 e. The quantitative estimate of drug-likeness (QED) is 0.863. The number of nitrogens with zero attached hydrogens (tertiary/aromatic N) is 1. The fourth-order valence-corrected chi connectivity index (χ4v) is 2.25. The molecule has 1 N–H and O–H groups in total. The molecule has 1 aromatic carbocycles. The number of hydrogen-bond acceptors (Lipinski definition) is 3. The van der Waals surface area contributed by atoms with Crippen molar-refractivity contribution in [1.82, 2.24) is 9.97 Å². The molecule has 0 saturated heterocycles. The molecule has 0 bridgehead atoms. The Bertz CT molecular complexity index is 650. The van der Waals surface area contributed by atoms with Crippen LogP contribution in [0.3, 0.4) is 0 Å². The Morgan fingerprint density at radius 2 is 1.85 bits per heavy atom. The van der Waals surface area contributed by atoms with E-state index in [0.717, 1.165) is 18.4 Å². The van der Waals surface area contributed by atoms with Gasteiger partial charge in [-0.25, -0.2) is 4.98 Å². The number of Topliss-reactive ketones (excluding diaryl/α,β-unsaturated/α-hetero) is 1. The highest BCUT2D eigenvalue weighted by molar-refractivity contribution is 6.24. The molecule has 20 heavy (non-hydrogen) atoms. The summed E-state index contributed by atoms with van der Waals surface area (Å²) in [5.74, 6) is 0.370. The lowest BCUT2D eigenvalue weighted by molar-refractivity contribution is 0.0980. The Morgan fingerprint density at radius 1 is 1.10 bits per heavy atom. The fraction of sp³-hybridized carbons (Fsp3) is 0.188. The predicted molar refractivity (Wildman–Crippen MR) is 74.5 cm³/mol. The van der Waals surface area contributed by atoms with Crippen LogP contribution >= 0.6 is 0 Å². The van der Waals surface area contributed by atoms with Gasteiger partial charge in [-0.1, -0.05) is 24.3 Å². The fourth-order valence-electron chi connectivity index (χ4n) is 2.25. The average molecular weight is 266 g/mol. The van der Waals surface area contributed by atoms with Crippen molar-refractivity contribution in [1.29, 1.82) is 0 Å². The van der Waals surface area contributed by atoms with Crippen LogP contribution in [-0.4, -0.2) is 21.5 Å². The maximum absolute atomic E-state index is 12.0. The summed E-state index contributed by atoms with van der Waals surface area (Å²) >= 11 is 0. The molecule has 4 rings (SSSR count). The van der Waals surface area contributed by atoms with Gasteiger partial charge in [0.1, 0.15) is 0 Å². The number of fused-ring (bicyclic) bond motifs is 1. The van der Waals surface area contributed by atoms with Gasteiger partial charge in [0.05, 0.1) is 6.33 Å². The van der Waals surface area contributed by atoms with Crippen LogP contribution < -0.4 is 0 Å². The van der Waals surface area contributed by atoms with Crippen LogP contribution in [0.15, 0.2) is 54.6 Å². The zero-order chi connectivity index (χ0) is 13.9. The normalized spacial score (nSPS) is 16.9. The molecular formula is C16H14N2O2. The summed E-state index contributed by atoms with van der Waals surface area (Å²) < 4.78 is 0. The van der Waals surface area contributed by atoms with Gasteiger partial charge < -0.3 is 4.98 Å². The predicted octanol–water partition coefficient (Wildman–Crippen LogP) is 2.81. The standard InChI is InChI=1S/C13H10O2.C3H4N2/c14-12-7-11(8-5-6-8)13(15)10-4-2-1-3-9(10)12;1-2-5-3-4-1/h1-4,7-8H,5-6H2;1-3H,(H,4,5). The van der Waals surface area contributed by atoms with Crippen molar-refractivity contribution >= 4 is 11.6 Å². The van der Waals surface area contributed by atoms with Crippen LogP contribution in [0, 0.1) is 5.92 Å². The summed E-state index contributed by atoms with van der Waals surface area (Å²) in [4.78, 5) is 30.2. The minimum absolute atomic E-state index is 0.0212. The maximum atomic E-state index is 12.0. The summed E-state index contributed by atoms with van der Waals surface area (Å²) in [5.41, 5.74) is 1.84. The SMILES string of the molecule is O=C1C=C(C2CC2)C(=O)c2ccccc21.c1c[nH]cn1. The van der Waals surface area contributed by atoms with Crippen LogP contribution in [0.25, 0.3) is 0 Å². The number of allylic oxidation sites excluding steroid dienone is 2. The first kappa shape index (κ1) is 12.5. The van der Waals surface area contributed by atoms with Gasteiger partial charge in [-0.3, -0.25) is 9.59 Å². The van der Waals surface area contributed by atoms with Crippen LogP contribution in [-0.2, 0) is 0 Å². The number of aromatic nitrogens is 2. The minimum atomic E-state index is -0.0212. The van der Waals surface area contributed by atoms with Gasteiger partial charge in [-0.15, -0.1) is 0 Å². The largest absolute Gasteiger partial charge is 0.351 e. The third kappa shape index (κ3) is 2.45.